The summed E-state index contributed by atoms with van der Waals surface area (Å²) in [5.74, 6) is 0.782. The number of thioether (sulfide) groups is 1. The summed E-state index contributed by atoms with van der Waals surface area (Å²) in [6.45, 7) is 0.353. The molecule has 0 radical (unpaired) electrons. The van der Waals surface area contributed by atoms with E-state index in [0.717, 1.165) is 44.2 Å². The van der Waals surface area contributed by atoms with Crippen molar-refractivity contribution in [3.05, 3.63) is 59.2 Å². The Morgan fingerprint density at radius 1 is 1.17 bits per heavy atom. The fourth-order valence-electron chi connectivity index (χ4n) is 5.41. The van der Waals surface area contributed by atoms with Crippen molar-refractivity contribution in [1.82, 2.24) is 10.2 Å². The average molecular weight is 520 g/mol. The lowest BCUT2D eigenvalue weighted by Gasteiger charge is -2.35. The third kappa shape index (κ3) is 4.29. The summed E-state index contributed by atoms with van der Waals surface area (Å²) < 4.78 is 45.3. The molecule has 2 aromatic carbocycles. The Labute approximate surface area is 212 Å². The lowest BCUT2D eigenvalue weighted by Crippen LogP contribution is -2.55. The Balaban J connectivity index is 1.51. The molecule has 1 spiro atoms. The van der Waals surface area contributed by atoms with Crippen molar-refractivity contribution in [3.8, 4) is 5.75 Å². The highest BCUT2D eigenvalue weighted by molar-refractivity contribution is 8.01. The van der Waals surface area contributed by atoms with Gasteiger partial charge >= 0.3 is 12.2 Å². The van der Waals surface area contributed by atoms with E-state index in [0.29, 0.717) is 34.9 Å². The zero-order chi connectivity index (χ0) is 25.5. The van der Waals surface area contributed by atoms with Crippen molar-refractivity contribution in [2.75, 3.05) is 24.3 Å². The van der Waals surface area contributed by atoms with E-state index in [2.05, 4.69) is 5.32 Å². The lowest BCUT2D eigenvalue weighted by molar-refractivity contribution is -0.137. The van der Waals surface area contributed by atoms with Gasteiger partial charge in [-0.1, -0.05) is 31.4 Å². The minimum atomic E-state index is -4.48. The number of urea groups is 1. The van der Waals surface area contributed by atoms with Crippen LogP contribution in [0.3, 0.4) is 0 Å². The van der Waals surface area contributed by atoms with Crippen LogP contribution in [0.15, 0.2) is 42.5 Å². The Kier molecular flexibility index (Phi) is 6.57. The zero-order valence-electron chi connectivity index (χ0n) is 19.9. The highest BCUT2D eigenvalue weighted by Gasteiger charge is 2.59. The van der Waals surface area contributed by atoms with Crippen LogP contribution in [0.5, 0.6) is 5.75 Å². The van der Waals surface area contributed by atoms with Gasteiger partial charge in [-0.15, -0.1) is 11.8 Å². The number of fused-ring (bicyclic) bond motifs is 2. The molecule has 192 valence electrons. The van der Waals surface area contributed by atoms with Crippen molar-refractivity contribution in [2.45, 2.75) is 55.7 Å². The molecule has 0 bridgehead atoms. The summed E-state index contributed by atoms with van der Waals surface area (Å²) in [5.41, 5.74) is 0.793. The number of halogens is 3. The summed E-state index contributed by atoms with van der Waals surface area (Å²) in [6.07, 6.45) is 0.640. The van der Waals surface area contributed by atoms with E-state index < -0.39 is 16.6 Å². The molecule has 2 heterocycles. The second kappa shape index (κ2) is 9.53. The first-order valence-electron chi connectivity index (χ1n) is 12.1. The molecule has 36 heavy (non-hydrogen) atoms. The van der Waals surface area contributed by atoms with Gasteiger partial charge in [0.15, 0.2) is 4.87 Å². The van der Waals surface area contributed by atoms with Crippen molar-refractivity contribution >= 4 is 29.4 Å². The molecule has 1 unspecified atom stereocenters. The van der Waals surface area contributed by atoms with Crippen LogP contribution >= 0.6 is 11.8 Å². The molecule has 1 saturated heterocycles. The summed E-state index contributed by atoms with van der Waals surface area (Å²) in [6, 6.07) is 10.0. The summed E-state index contributed by atoms with van der Waals surface area (Å²) in [4.78, 5) is 29.4. The largest absolute Gasteiger partial charge is 0.497 e. The minimum absolute atomic E-state index is 0.0392. The van der Waals surface area contributed by atoms with E-state index in [-0.39, 0.29) is 24.5 Å². The Bertz CT molecular complexity index is 1170. The van der Waals surface area contributed by atoms with Crippen LogP contribution in [0.4, 0.5) is 23.7 Å². The van der Waals surface area contributed by atoms with Gasteiger partial charge in [0, 0.05) is 23.9 Å². The van der Waals surface area contributed by atoms with Crippen LogP contribution in [-0.4, -0.2) is 42.3 Å². The number of hydrogen-bond donors (Lipinski definition) is 1. The molecular weight excluding hydrogens is 491 g/mol. The molecule has 0 aromatic heterocycles. The predicted molar refractivity (Wildman–Crippen MR) is 132 cm³/mol. The van der Waals surface area contributed by atoms with Gasteiger partial charge in [0.1, 0.15) is 5.75 Å². The van der Waals surface area contributed by atoms with Crippen molar-refractivity contribution in [1.29, 1.82) is 0 Å². The smallest absolute Gasteiger partial charge is 0.416 e. The van der Waals surface area contributed by atoms with E-state index >= 15 is 0 Å². The number of benzene rings is 2. The van der Waals surface area contributed by atoms with Gasteiger partial charge < -0.3 is 15.0 Å². The van der Waals surface area contributed by atoms with Gasteiger partial charge in [-0.2, -0.15) is 13.2 Å². The molecule has 1 atom stereocenters. The van der Waals surface area contributed by atoms with Crippen LogP contribution in [0.2, 0.25) is 0 Å². The molecule has 6 nitrogen and oxygen atoms in total. The van der Waals surface area contributed by atoms with E-state index in [1.165, 1.54) is 29.8 Å². The van der Waals surface area contributed by atoms with Crippen molar-refractivity contribution < 1.29 is 27.5 Å². The van der Waals surface area contributed by atoms with Crippen LogP contribution in [-0.2, 0) is 22.4 Å². The topological polar surface area (TPSA) is 61.9 Å². The molecule has 2 fully saturated rings. The van der Waals surface area contributed by atoms with Gasteiger partial charge in [-0.3, -0.25) is 9.69 Å². The van der Waals surface area contributed by atoms with E-state index in [4.69, 9.17) is 4.74 Å². The Morgan fingerprint density at radius 2 is 1.94 bits per heavy atom. The quantitative estimate of drug-likeness (QED) is 0.579. The Morgan fingerprint density at radius 3 is 2.67 bits per heavy atom. The molecule has 1 aliphatic carbocycles. The van der Waals surface area contributed by atoms with Crippen molar-refractivity contribution in [2.24, 2.45) is 0 Å². The normalized spacial score (nSPS) is 22.3. The maximum absolute atomic E-state index is 14.1. The molecule has 5 rings (SSSR count). The first kappa shape index (κ1) is 24.8. The van der Waals surface area contributed by atoms with E-state index in [9.17, 15) is 22.8 Å². The monoisotopic (exact) mass is 519 g/mol. The lowest BCUT2D eigenvalue weighted by atomic mass is 9.95. The number of alkyl halides is 3. The number of carbonyl (C=O) groups excluding carboxylic acids is 2. The summed E-state index contributed by atoms with van der Waals surface area (Å²) in [7, 11) is 1.53. The fraction of sp³-hybridized carbons (Fsp3) is 0.462. The van der Waals surface area contributed by atoms with Gasteiger partial charge in [-0.25, -0.2) is 4.79 Å². The summed E-state index contributed by atoms with van der Waals surface area (Å²) in [5, 5.41) is 3.13. The molecule has 1 N–H and O–H groups in total. The number of rotatable bonds is 4. The maximum atomic E-state index is 14.1. The number of nitrogens with one attached hydrogen (secondary N) is 1. The zero-order valence-corrected chi connectivity index (χ0v) is 20.8. The number of methoxy groups -OCH3 is 1. The molecule has 2 aliphatic heterocycles. The van der Waals surface area contributed by atoms with Crippen LogP contribution in [0.1, 0.15) is 48.8 Å². The van der Waals surface area contributed by atoms with Crippen LogP contribution < -0.4 is 15.0 Å². The number of hydrogen-bond acceptors (Lipinski definition) is 4. The van der Waals surface area contributed by atoms with Gasteiger partial charge in [-0.05, 0) is 48.7 Å². The van der Waals surface area contributed by atoms with Crippen molar-refractivity contribution in [3.63, 3.8) is 0 Å². The SMILES string of the molecule is COc1ccc2c(c1)C1(SCCN1C(=O)NC1CCCCC1)C(=O)N2Cc1cccc(C(F)(F)F)c1. The van der Waals surface area contributed by atoms with Gasteiger partial charge in [0.05, 0.1) is 24.9 Å². The third-order valence-electron chi connectivity index (χ3n) is 7.17. The van der Waals surface area contributed by atoms with Crippen LogP contribution in [0.25, 0.3) is 0 Å². The van der Waals surface area contributed by atoms with E-state index in [1.54, 1.807) is 29.2 Å². The minimum Gasteiger partial charge on any atom is -0.497 e. The highest BCUT2D eigenvalue weighted by Crippen LogP contribution is 2.55. The summed E-state index contributed by atoms with van der Waals surface area (Å²) >= 11 is 1.38. The van der Waals surface area contributed by atoms with Crippen LogP contribution in [0, 0.1) is 0 Å². The van der Waals surface area contributed by atoms with Gasteiger partial charge in [0.25, 0.3) is 5.91 Å². The fourth-order valence-corrected chi connectivity index (χ4v) is 6.86. The number of nitrogens with zero attached hydrogens (tertiary/aromatic N) is 2. The standard InChI is InChI=1S/C26H28F3N3O3S/c1-35-20-10-11-22-21(15-20)25(32(12-13-36-25)24(34)30-19-8-3-2-4-9-19)23(33)31(22)16-17-6-5-7-18(14-17)26(27,28)29/h5-7,10-11,14-15,19H,2-4,8-9,12-13,16H2,1H3,(H,30,34). The second-order valence-corrected chi connectivity index (χ2v) is 10.7. The first-order valence-corrected chi connectivity index (χ1v) is 13.1. The molecule has 3 aliphatic rings. The van der Waals surface area contributed by atoms with E-state index in [1.807, 2.05) is 0 Å². The molecular formula is C26H28F3N3O3S. The number of ether oxygens (including phenoxy) is 1. The first-order chi connectivity index (χ1) is 17.2. The van der Waals surface area contributed by atoms with Gasteiger partial charge in [0.2, 0.25) is 0 Å². The second-order valence-electron chi connectivity index (χ2n) is 9.40. The predicted octanol–water partition coefficient (Wildman–Crippen LogP) is 5.50. The maximum Gasteiger partial charge on any atom is 0.416 e. The molecule has 10 heteroatoms. The third-order valence-corrected chi connectivity index (χ3v) is 8.59. The number of anilines is 1. The number of carbonyl (C=O) groups is 2. The molecule has 3 amide bonds. The molecule has 2 aromatic rings. The average Bonchev–Trinajstić information content (AvgIpc) is 3.41. The Hall–Kier alpha value is -2.88. The molecule has 1 saturated carbocycles. The number of amides is 3. The highest BCUT2D eigenvalue weighted by atomic mass is 32.2.